The van der Waals surface area contributed by atoms with Crippen molar-refractivity contribution in [3.05, 3.63) is 59.2 Å². The monoisotopic (exact) mass is 421 g/mol. The molecule has 158 valence electrons. The van der Waals surface area contributed by atoms with Crippen molar-refractivity contribution in [3.8, 4) is 0 Å². The number of aromatic nitrogens is 4. The first-order valence-electron chi connectivity index (χ1n) is 10.6. The van der Waals surface area contributed by atoms with Crippen LogP contribution in [-0.4, -0.2) is 26.1 Å². The van der Waals surface area contributed by atoms with Gasteiger partial charge in [0.15, 0.2) is 0 Å². The van der Waals surface area contributed by atoms with Gasteiger partial charge >= 0.3 is 0 Å². The van der Waals surface area contributed by atoms with Crippen molar-refractivity contribution >= 4 is 34.3 Å². The highest BCUT2D eigenvalue weighted by molar-refractivity contribution is 7.99. The van der Waals surface area contributed by atoms with E-state index in [4.69, 9.17) is 5.73 Å². The summed E-state index contributed by atoms with van der Waals surface area (Å²) in [7, 11) is 0. The molecule has 1 unspecified atom stereocenters. The van der Waals surface area contributed by atoms with Crippen LogP contribution < -0.4 is 5.73 Å². The molecule has 0 radical (unpaired) electrons. The maximum atomic E-state index is 5.99. The molecule has 3 N–H and O–H groups in total. The van der Waals surface area contributed by atoms with Crippen molar-refractivity contribution in [2.75, 3.05) is 11.5 Å². The minimum absolute atomic E-state index is 0.468. The van der Waals surface area contributed by atoms with Gasteiger partial charge in [-0.25, -0.2) is 4.98 Å². The highest BCUT2D eigenvalue weighted by Crippen LogP contribution is 2.33. The fourth-order valence-electron chi connectivity index (χ4n) is 3.59. The van der Waals surface area contributed by atoms with Crippen molar-refractivity contribution in [3.63, 3.8) is 0 Å². The second-order valence-corrected chi connectivity index (χ2v) is 8.46. The third-order valence-corrected chi connectivity index (χ3v) is 6.63. The normalized spacial score (nSPS) is 12.9. The average Bonchev–Trinajstić information content (AvgIpc) is 3.24. The number of nitrogens with one attached hydrogen (secondary N) is 1. The molecular weight excluding hydrogens is 390 g/mol. The van der Waals surface area contributed by atoms with Gasteiger partial charge in [0.2, 0.25) is 5.65 Å². The van der Waals surface area contributed by atoms with Gasteiger partial charge < -0.3 is 5.73 Å². The van der Waals surface area contributed by atoms with E-state index < -0.39 is 0 Å². The standard InChI is InChI=1S/C24H31N5S/c1-5-16(4)20(18-11-9-8-10-12-18)13-19(17(6-2)7-3)15-30-21-14-22(25)26-24-23(21)27-29-28-24/h8-14,16H,5-7,15H2,1-4H3,(H3,25,26,27,28,29)/b20-13+. The Morgan fingerprint density at radius 2 is 1.87 bits per heavy atom. The number of nitrogens with zero attached hydrogens (tertiary/aromatic N) is 3. The highest BCUT2D eigenvalue weighted by Gasteiger charge is 2.14. The van der Waals surface area contributed by atoms with Crippen LogP contribution in [0, 0.1) is 5.92 Å². The first kappa shape index (κ1) is 22.1. The van der Waals surface area contributed by atoms with Crippen LogP contribution in [0.15, 0.2) is 58.5 Å². The van der Waals surface area contributed by atoms with E-state index in [1.165, 1.54) is 22.3 Å². The topological polar surface area (TPSA) is 80.5 Å². The molecule has 5 nitrogen and oxygen atoms in total. The second kappa shape index (κ2) is 10.4. The number of thioether (sulfide) groups is 1. The number of benzene rings is 1. The number of hydrogen-bond acceptors (Lipinski definition) is 5. The summed E-state index contributed by atoms with van der Waals surface area (Å²) in [5.74, 6) is 1.81. The Morgan fingerprint density at radius 3 is 2.53 bits per heavy atom. The molecule has 0 aliphatic rings. The van der Waals surface area contributed by atoms with Crippen LogP contribution in [0.2, 0.25) is 0 Å². The summed E-state index contributed by atoms with van der Waals surface area (Å²) in [5, 5.41) is 11.0. The lowest BCUT2D eigenvalue weighted by atomic mass is 9.89. The van der Waals surface area contributed by atoms with E-state index in [0.717, 1.165) is 35.4 Å². The van der Waals surface area contributed by atoms with Crippen molar-refractivity contribution < 1.29 is 0 Å². The molecule has 0 bridgehead atoms. The van der Waals surface area contributed by atoms with Crippen LogP contribution >= 0.6 is 11.8 Å². The molecule has 3 aromatic rings. The summed E-state index contributed by atoms with van der Waals surface area (Å²) in [6.07, 6.45) is 5.62. The van der Waals surface area contributed by atoms with Crippen LogP contribution in [0.3, 0.4) is 0 Å². The summed E-state index contributed by atoms with van der Waals surface area (Å²) < 4.78 is 0. The van der Waals surface area contributed by atoms with Gasteiger partial charge in [0, 0.05) is 10.6 Å². The predicted octanol–water partition coefficient (Wildman–Crippen LogP) is 6.27. The first-order chi connectivity index (χ1) is 14.6. The van der Waals surface area contributed by atoms with Crippen molar-refractivity contribution in [2.24, 2.45) is 5.92 Å². The van der Waals surface area contributed by atoms with Gasteiger partial charge in [-0.15, -0.1) is 16.9 Å². The Morgan fingerprint density at radius 1 is 1.13 bits per heavy atom. The highest BCUT2D eigenvalue weighted by atomic mass is 32.2. The van der Waals surface area contributed by atoms with E-state index in [1.807, 2.05) is 6.07 Å². The Labute approximate surface area is 183 Å². The van der Waals surface area contributed by atoms with Crippen LogP contribution in [0.5, 0.6) is 0 Å². The fraction of sp³-hybridized carbons (Fsp3) is 0.375. The lowest BCUT2D eigenvalue weighted by Gasteiger charge is -2.18. The molecule has 0 aliphatic heterocycles. The maximum Gasteiger partial charge on any atom is 0.204 e. The number of nitrogen functional groups attached to an aromatic ring is 1. The van der Waals surface area contributed by atoms with Crippen LogP contribution in [-0.2, 0) is 0 Å². The zero-order valence-electron chi connectivity index (χ0n) is 18.3. The van der Waals surface area contributed by atoms with Crippen molar-refractivity contribution in [1.29, 1.82) is 0 Å². The van der Waals surface area contributed by atoms with Crippen LogP contribution in [0.1, 0.15) is 52.5 Å². The number of H-pyrrole nitrogens is 1. The molecule has 30 heavy (non-hydrogen) atoms. The van der Waals surface area contributed by atoms with E-state index >= 15 is 0 Å². The zero-order chi connectivity index (χ0) is 21.5. The molecular formula is C24H31N5S. The average molecular weight is 422 g/mol. The molecule has 0 spiro atoms. The minimum Gasteiger partial charge on any atom is -0.384 e. The summed E-state index contributed by atoms with van der Waals surface area (Å²) in [6.45, 7) is 9.04. The number of nitrogens with two attached hydrogens (primary N) is 1. The zero-order valence-corrected chi connectivity index (χ0v) is 19.1. The van der Waals surface area contributed by atoms with E-state index in [1.54, 1.807) is 11.8 Å². The number of allylic oxidation sites excluding steroid dienone is 3. The fourth-order valence-corrected chi connectivity index (χ4v) is 4.67. The van der Waals surface area contributed by atoms with Crippen LogP contribution in [0.4, 0.5) is 5.82 Å². The molecule has 1 aromatic carbocycles. The van der Waals surface area contributed by atoms with Gasteiger partial charge in [0.25, 0.3) is 0 Å². The van der Waals surface area contributed by atoms with Crippen molar-refractivity contribution in [2.45, 2.75) is 51.9 Å². The molecule has 6 heteroatoms. The summed E-state index contributed by atoms with van der Waals surface area (Å²) in [5.41, 5.74) is 12.9. The smallest absolute Gasteiger partial charge is 0.204 e. The third-order valence-electron chi connectivity index (χ3n) is 5.55. The van der Waals surface area contributed by atoms with Gasteiger partial charge in [-0.1, -0.05) is 69.7 Å². The SMILES string of the molecule is CCC(CC)=C(/C=C(/c1ccccc1)C(C)CC)CSc1cc(N)nc2n[nH]nc12. The van der Waals surface area contributed by atoms with Gasteiger partial charge in [0.1, 0.15) is 11.3 Å². The number of fused-ring (bicyclic) bond motifs is 1. The van der Waals surface area contributed by atoms with E-state index in [9.17, 15) is 0 Å². The quantitative estimate of drug-likeness (QED) is 0.314. The Kier molecular flexibility index (Phi) is 7.69. The third kappa shape index (κ3) is 5.11. The molecule has 0 fully saturated rings. The van der Waals surface area contributed by atoms with Gasteiger partial charge in [-0.2, -0.15) is 10.3 Å². The number of pyridine rings is 1. The molecule has 0 aliphatic carbocycles. The summed E-state index contributed by atoms with van der Waals surface area (Å²) in [4.78, 5) is 5.26. The van der Waals surface area contributed by atoms with Gasteiger partial charge in [0.05, 0.1) is 0 Å². The number of aromatic amines is 1. The molecule has 2 aromatic heterocycles. The van der Waals surface area contributed by atoms with E-state index in [-0.39, 0.29) is 0 Å². The predicted molar refractivity (Wildman–Crippen MR) is 128 cm³/mol. The second-order valence-electron chi connectivity index (χ2n) is 7.44. The van der Waals surface area contributed by atoms with Gasteiger partial charge in [-0.05, 0) is 48.0 Å². The number of anilines is 1. The maximum absolute atomic E-state index is 5.99. The summed E-state index contributed by atoms with van der Waals surface area (Å²) >= 11 is 1.75. The lowest BCUT2D eigenvalue weighted by Crippen LogP contribution is -2.01. The minimum atomic E-state index is 0.468. The lowest BCUT2D eigenvalue weighted by molar-refractivity contribution is 0.717. The Bertz CT molecular complexity index is 1030. The molecule has 1 atom stereocenters. The number of rotatable bonds is 9. The number of hydrogen-bond donors (Lipinski definition) is 2. The van der Waals surface area contributed by atoms with Crippen LogP contribution in [0.25, 0.3) is 16.7 Å². The molecule has 0 amide bonds. The van der Waals surface area contributed by atoms with Crippen molar-refractivity contribution in [1.82, 2.24) is 20.4 Å². The summed E-state index contributed by atoms with van der Waals surface area (Å²) in [6, 6.07) is 12.6. The largest absolute Gasteiger partial charge is 0.384 e. The Hall–Kier alpha value is -2.60. The first-order valence-corrected chi connectivity index (χ1v) is 11.6. The Balaban J connectivity index is 1.99. The van der Waals surface area contributed by atoms with E-state index in [0.29, 0.717) is 17.4 Å². The van der Waals surface area contributed by atoms with E-state index in [2.05, 4.69) is 84.5 Å². The van der Waals surface area contributed by atoms with Gasteiger partial charge in [-0.3, -0.25) is 0 Å². The molecule has 0 saturated carbocycles. The molecule has 0 saturated heterocycles. The molecule has 2 heterocycles. The molecule has 3 rings (SSSR count).